The summed E-state index contributed by atoms with van der Waals surface area (Å²) in [6.45, 7) is 0. The molecule has 0 radical (unpaired) electrons. The molecule has 0 unspecified atom stereocenters. The van der Waals surface area contributed by atoms with Crippen LogP contribution in [-0.2, 0) is 4.79 Å². The average molecular weight is 232 g/mol. The van der Waals surface area contributed by atoms with E-state index in [0.29, 0.717) is 23.8 Å². The fourth-order valence-electron chi connectivity index (χ4n) is 4.48. The maximum atomic E-state index is 12.4. The quantitative estimate of drug-likeness (QED) is 0.622. The second kappa shape index (κ2) is 3.35. The Kier molecular flexibility index (Phi) is 1.99. The van der Waals surface area contributed by atoms with E-state index < -0.39 is 0 Å². The van der Waals surface area contributed by atoms with Crippen LogP contribution in [0.4, 0.5) is 0 Å². The second-order valence-corrected chi connectivity index (χ2v) is 6.28. The van der Waals surface area contributed by atoms with Gasteiger partial charge in [0.15, 0.2) is 0 Å². The van der Waals surface area contributed by atoms with Gasteiger partial charge in [-0.05, 0) is 43.9 Å². The molecule has 2 saturated carbocycles. The maximum Gasteiger partial charge on any atom is 0.226 e. The zero-order valence-corrected chi connectivity index (χ0v) is 10.1. The first-order valence-electron chi connectivity index (χ1n) is 7.06. The zero-order valence-electron chi connectivity index (χ0n) is 10.1. The van der Waals surface area contributed by atoms with E-state index in [0.717, 1.165) is 12.8 Å². The van der Waals surface area contributed by atoms with E-state index in [1.807, 2.05) is 0 Å². The second-order valence-electron chi connectivity index (χ2n) is 6.28. The molecule has 4 rings (SSSR count). The molecule has 2 bridgehead atoms. The molecule has 1 heterocycles. The minimum absolute atomic E-state index is 0.0607. The largest absolute Gasteiger partial charge is 0.338 e. The van der Waals surface area contributed by atoms with Gasteiger partial charge in [0.05, 0.1) is 11.6 Å². The Morgan fingerprint density at radius 2 is 1.88 bits per heavy atom. The number of rotatable bonds is 0. The molecule has 17 heavy (non-hydrogen) atoms. The summed E-state index contributed by atoms with van der Waals surface area (Å²) in [5, 5.41) is 7.11. The normalized spacial score (nSPS) is 46.0. The predicted molar refractivity (Wildman–Crippen MR) is 65.1 cm³/mol. The topological polar surface area (TPSA) is 41.1 Å². The van der Waals surface area contributed by atoms with Crippen molar-refractivity contribution in [1.29, 1.82) is 0 Å². The van der Waals surface area contributed by atoms with Gasteiger partial charge in [0.1, 0.15) is 0 Å². The van der Waals surface area contributed by atoms with Gasteiger partial charge >= 0.3 is 0 Å². The van der Waals surface area contributed by atoms with E-state index >= 15 is 0 Å². The average Bonchev–Trinajstić information content (AvgIpc) is 2.90. The van der Waals surface area contributed by atoms with Crippen molar-refractivity contribution in [3.8, 4) is 0 Å². The van der Waals surface area contributed by atoms with Gasteiger partial charge in [-0.3, -0.25) is 10.1 Å². The van der Waals surface area contributed by atoms with Crippen LogP contribution in [0.25, 0.3) is 0 Å². The van der Waals surface area contributed by atoms with Gasteiger partial charge in [0.25, 0.3) is 0 Å². The first-order valence-corrected chi connectivity index (χ1v) is 7.06. The summed E-state index contributed by atoms with van der Waals surface area (Å²) in [6.07, 6.45) is 11.8. The number of hydrogen-bond acceptors (Lipinski definition) is 2. The molecule has 4 atom stereocenters. The molecule has 92 valence electrons. The first-order chi connectivity index (χ1) is 8.27. The number of carbonyl (C=O) groups excluding carboxylic acids is 1. The van der Waals surface area contributed by atoms with Gasteiger partial charge in [-0.1, -0.05) is 18.6 Å². The lowest BCUT2D eigenvalue weighted by Gasteiger charge is -2.48. The van der Waals surface area contributed by atoms with Crippen LogP contribution in [0.15, 0.2) is 12.2 Å². The molecular weight excluding hydrogens is 212 g/mol. The molecule has 4 aliphatic rings. The number of carbonyl (C=O) groups is 1. The highest BCUT2D eigenvalue weighted by Gasteiger charge is 2.54. The zero-order chi connectivity index (χ0) is 11.5. The molecule has 3 aliphatic carbocycles. The van der Waals surface area contributed by atoms with E-state index in [1.165, 1.54) is 25.7 Å². The lowest BCUT2D eigenvalue weighted by molar-refractivity contribution is -0.133. The van der Waals surface area contributed by atoms with Crippen LogP contribution in [-0.4, -0.2) is 17.6 Å². The van der Waals surface area contributed by atoms with Crippen molar-refractivity contribution < 1.29 is 4.79 Å². The highest BCUT2D eigenvalue weighted by Crippen LogP contribution is 2.47. The van der Waals surface area contributed by atoms with Crippen LogP contribution >= 0.6 is 0 Å². The molecule has 0 aromatic rings. The molecule has 1 aliphatic heterocycles. The van der Waals surface area contributed by atoms with Gasteiger partial charge < -0.3 is 5.32 Å². The molecule has 1 spiro atoms. The Labute approximate surface area is 102 Å². The fraction of sp³-hybridized carbons (Fsp3) is 0.786. The van der Waals surface area contributed by atoms with Gasteiger partial charge in [0.2, 0.25) is 5.91 Å². The number of nitrogens with one attached hydrogen (secondary N) is 2. The molecule has 3 heteroatoms. The molecule has 0 aromatic heterocycles. The monoisotopic (exact) mass is 232 g/mol. The van der Waals surface area contributed by atoms with Crippen molar-refractivity contribution in [2.45, 2.75) is 50.2 Å². The van der Waals surface area contributed by atoms with E-state index in [9.17, 15) is 4.79 Å². The van der Waals surface area contributed by atoms with Crippen LogP contribution in [0.3, 0.4) is 0 Å². The summed E-state index contributed by atoms with van der Waals surface area (Å²) < 4.78 is 0. The third-order valence-electron chi connectivity index (χ3n) is 5.27. The Balaban J connectivity index is 1.64. The van der Waals surface area contributed by atoms with Crippen molar-refractivity contribution in [3.05, 3.63) is 12.2 Å². The lowest BCUT2D eigenvalue weighted by atomic mass is 9.79. The van der Waals surface area contributed by atoms with Crippen molar-refractivity contribution >= 4 is 5.91 Å². The number of amides is 1. The molecule has 1 amide bonds. The molecule has 2 N–H and O–H groups in total. The first kappa shape index (κ1) is 10.1. The summed E-state index contributed by atoms with van der Waals surface area (Å²) in [5.41, 5.74) is -0.0607. The number of allylic oxidation sites excluding steroid dienone is 1. The van der Waals surface area contributed by atoms with E-state index in [4.69, 9.17) is 0 Å². The van der Waals surface area contributed by atoms with Crippen molar-refractivity contribution in [1.82, 2.24) is 10.6 Å². The number of fused-ring (bicyclic) bond motifs is 5. The van der Waals surface area contributed by atoms with E-state index in [-0.39, 0.29) is 11.6 Å². The third kappa shape index (κ3) is 1.35. The van der Waals surface area contributed by atoms with Gasteiger partial charge in [-0.25, -0.2) is 0 Å². The summed E-state index contributed by atoms with van der Waals surface area (Å²) in [4.78, 5) is 12.4. The Morgan fingerprint density at radius 3 is 2.71 bits per heavy atom. The molecular formula is C14H20N2O. The molecule has 1 saturated heterocycles. The van der Waals surface area contributed by atoms with Gasteiger partial charge in [-0.2, -0.15) is 0 Å². The van der Waals surface area contributed by atoms with Crippen LogP contribution in [0.1, 0.15) is 38.5 Å². The minimum Gasteiger partial charge on any atom is -0.338 e. The smallest absolute Gasteiger partial charge is 0.226 e. The fourth-order valence-corrected chi connectivity index (χ4v) is 4.48. The number of hydrogen-bond donors (Lipinski definition) is 2. The van der Waals surface area contributed by atoms with Gasteiger partial charge in [0, 0.05) is 6.04 Å². The standard InChI is InChI=1S/C14H20N2O/c17-13-11-9-4-5-10(8-9)12(11)15-14(16-13)6-2-1-3-7-14/h4-5,9-12,15H,1-3,6-8H2,(H,16,17)/t9-,10+,11+,12-/m0/s1. The highest BCUT2D eigenvalue weighted by atomic mass is 16.2. The minimum atomic E-state index is -0.0607. The lowest BCUT2D eigenvalue weighted by Crippen LogP contribution is -2.71. The molecule has 3 nitrogen and oxygen atoms in total. The van der Waals surface area contributed by atoms with Crippen LogP contribution < -0.4 is 10.6 Å². The summed E-state index contributed by atoms with van der Waals surface area (Å²) in [5.74, 6) is 1.62. The van der Waals surface area contributed by atoms with Crippen LogP contribution in [0, 0.1) is 17.8 Å². The Hall–Kier alpha value is -0.830. The van der Waals surface area contributed by atoms with Crippen LogP contribution in [0.2, 0.25) is 0 Å². The Morgan fingerprint density at radius 1 is 1.12 bits per heavy atom. The SMILES string of the molecule is O=C1NC2(CCCCC2)N[C@@H]2[C@H]1[C@H]1C=C[C@@H]2C1. The third-order valence-corrected chi connectivity index (χ3v) is 5.27. The molecule has 0 aromatic carbocycles. The summed E-state index contributed by atoms with van der Waals surface area (Å²) in [7, 11) is 0. The maximum absolute atomic E-state index is 12.4. The summed E-state index contributed by atoms with van der Waals surface area (Å²) in [6, 6.07) is 0.414. The van der Waals surface area contributed by atoms with Crippen molar-refractivity contribution in [2.24, 2.45) is 17.8 Å². The van der Waals surface area contributed by atoms with E-state index in [1.54, 1.807) is 0 Å². The Bertz CT molecular complexity index is 384. The van der Waals surface area contributed by atoms with Crippen molar-refractivity contribution in [3.63, 3.8) is 0 Å². The predicted octanol–water partition coefficient (Wildman–Crippen LogP) is 1.56. The summed E-state index contributed by atoms with van der Waals surface area (Å²) >= 11 is 0. The van der Waals surface area contributed by atoms with Gasteiger partial charge in [-0.15, -0.1) is 0 Å². The van der Waals surface area contributed by atoms with E-state index in [2.05, 4.69) is 22.8 Å². The highest BCUT2D eigenvalue weighted by molar-refractivity contribution is 5.82. The molecule has 3 fully saturated rings. The van der Waals surface area contributed by atoms with Crippen molar-refractivity contribution in [2.75, 3.05) is 0 Å². The van der Waals surface area contributed by atoms with Crippen LogP contribution in [0.5, 0.6) is 0 Å².